The zero-order valence-corrected chi connectivity index (χ0v) is 15.2. The van der Waals surface area contributed by atoms with Crippen molar-refractivity contribution in [3.8, 4) is 11.4 Å². The maximum atomic E-state index is 14.5. The zero-order valence-electron chi connectivity index (χ0n) is 13.6. The van der Waals surface area contributed by atoms with E-state index in [4.69, 9.17) is 27.9 Å². The number of esters is 1. The van der Waals surface area contributed by atoms with E-state index in [0.29, 0.717) is 6.07 Å². The first-order chi connectivity index (χ1) is 13.0. The Hall–Kier alpha value is -2.72. The minimum absolute atomic E-state index is 0.00952. The molecule has 3 aromatic rings. The summed E-state index contributed by atoms with van der Waals surface area (Å²) in [5.41, 5.74) is -4.44. The second kappa shape index (κ2) is 7.02. The van der Waals surface area contributed by atoms with Crippen molar-refractivity contribution >= 4 is 40.1 Å². The predicted molar refractivity (Wildman–Crippen MR) is 91.4 cm³/mol. The summed E-state index contributed by atoms with van der Waals surface area (Å²) in [6.07, 6.45) is -5.11. The molecule has 12 heteroatoms. The lowest BCUT2D eigenvalue weighted by Gasteiger charge is -2.19. The number of pyridine rings is 1. The van der Waals surface area contributed by atoms with E-state index in [1.54, 1.807) is 0 Å². The third-order valence-electron chi connectivity index (χ3n) is 3.52. The van der Waals surface area contributed by atoms with Crippen molar-refractivity contribution in [1.29, 1.82) is 0 Å². The highest BCUT2D eigenvalue weighted by Gasteiger charge is 2.37. The van der Waals surface area contributed by atoms with Gasteiger partial charge in [-0.05, 0) is 29.8 Å². The van der Waals surface area contributed by atoms with E-state index in [9.17, 15) is 27.2 Å². The highest BCUT2D eigenvalue weighted by atomic mass is 35.5. The van der Waals surface area contributed by atoms with Gasteiger partial charge in [-0.15, -0.1) is 0 Å². The Balaban J connectivity index is 2.53. The lowest BCUT2D eigenvalue weighted by molar-refractivity contribution is -0.142. The minimum Gasteiger partial charge on any atom is -0.424 e. The first-order valence-corrected chi connectivity index (χ1v) is 8.09. The number of carbonyl (C=O) groups excluding carboxylic acids is 1. The molecule has 2 aromatic heterocycles. The molecule has 2 heterocycles. The van der Waals surface area contributed by atoms with Gasteiger partial charge >= 0.3 is 12.1 Å². The fraction of sp³-hybridized carbons (Fsp3) is 0.125. The van der Waals surface area contributed by atoms with Gasteiger partial charge in [0.05, 0.1) is 0 Å². The normalized spacial score (nSPS) is 11.7. The molecule has 0 spiro atoms. The van der Waals surface area contributed by atoms with E-state index in [0.717, 1.165) is 25.1 Å². The van der Waals surface area contributed by atoms with Gasteiger partial charge in [-0.3, -0.25) is 14.2 Å². The zero-order chi connectivity index (χ0) is 20.8. The number of aromatic nitrogens is 3. The SMILES string of the molecule is CC(=O)Oc1cccc(F)c1-n1c(C(F)(F)F)cc2c(Cl)nc(Cl)nc2c1=O. The summed E-state index contributed by atoms with van der Waals surface area (Å²) in [5, 5.41) is -1.40. The van der Waals surface area contributed by atoms with Gasteiger partial charge in [-0.2, -0.15) is 13.2 Å². The summed E-state index contributed by atoms with van der Waals surface area (Å²) >= 11 is 11.4. The number of nitrogens with zero attached hydrogens (tertiary/aromatic N) is 3. The third-order valence-corrected chi connectivity index (χ3v) is 3.97. The Labute approximate surface area is 163 Å². The van der Waals surface area contributed by atoms with Crippen LogP contribution in [0.15, 0.2) is 29.1 Å². The molecule has 0 saturated carbocycles. The van der Waals surface area contributed by atoms with Crippen LogP contribution in [0.25, 0.3) is 16.6 Å². The lowest BCUT2D eigenvalue weighted by Crippen LogP contribution is -2.29. The Morgan fingerprint density at radius 1 is 1.21 bits per heavy atom. The maximum absolute atomic E-state index is 14.5. The Morgan fingerprint density at radius 3 is 2.50 bits per heavy atom. The van der Waals surface area contributed by atoms with Gasteiger partial charge in [-0.1, -0.05) is 17.7 Å². The van der Waals surface area contributed by atoms with Crippen molar-refractivity contribution in [2.75, 3.05) is 0 Å². The number of hydrogen-bond donors (Lipinski definition) is 0. The lowest BCUT2D eigenvalue weighted by atomic mass is 10.2. The molecular formula is C16H7Cl2F4N3O3. The van der Waals surface area contributed by atoms with Crippen LogP contribution in [0.1, 0.15) is 12.6 Å². The molecule has 146 valence electrons. The van der Waals surface area contributed by atoms with Crippen LogP contribution in [0.2, 0.25) is 10.4 Å². The number of hydrogen-bond acceptors (Lipinski definition) is 5. The molecule has 0 bridgehead atoms. The van der Waals surface area contributed by atoms with Crippen molar-refractivity contribution in [2.45, 2.75) is 13.1 Å². The molecule has 0 saturated heterocycles. The fourth-order valence-corrected chi connectivity index (χ4v) is 2.94. The Morgan fingerprint density at radius 2 is 1.89 bits per heavy atom. The number of ether oxygens (including phenoxy) is 1. The highest BCUT2D eigenvalue weighted by molar-refractivity contribution is 6.35. The van der Waals surface area contributed by atoms with E-state index < -0.39 is 62.0 Å². The van der Waals surface area contributed by atoms with Crippen molar-refractivity contribution in [1.82, 2.24) is 14.5 Å². The molecule has 0 aliphatic heterocycles. The van der Waals surface area contributed by atoms with Crippen LogP contribution in [0.5, 0.6) is 5.75 Å². The number of fused-ring (bicyclic) bond motifs is 1. The van der Waals surface area contributed by atoms with E-state index in [1.807, 2.05) is 0 Å². The molecule has 3 rings (SSSR count). The molecule has 0 unspecified atom stereocenters. The summed E-state index contributed by atoms with van der Waals surface area (Å²) in [6.45, 7) is 0.968. The number of benzene rings is 1. The number of alkyl halides is 3. The number of para-hydroxylation sites is 1. The predicted octanol–water partition coefficient (Wildman–Crippen LogP) is 4.17. The first kappa shape index (κ1) is 20.0. The number of halogens is 6. The van der Waals surface area contributed by atoms with Gasteiger partial charge in [0.2, 0.25) is 5.28 Å². The topological polar surface area (TPSA) is 74.1 Å². The number of carbonyl (C=O) groups is 1. The fourth-order valence-electron chi connectivity index (χ4n) is 2.50. The molecule has 0 fully saturated rings. The van der Waals surface area contributed by atoms with Crippen LogP contribution >= 0.6 is 23.2 Å². The van der Waals surface area contributed by atoms with Crippen LogP contribution in [-0.4, -0.2) is 20.5 Å². The smallest absolute Gasteiger partial charge is 0.424 e. The monoisotopic (exact) mass is 435 g/mol. The van der Waals surface area contributed by atoms with Crippen molar-refractivity contribution in [2.24, 2.45) is 0 Å². The van der Waals surface area contributed by atoms with E-state index in [-0.39, 0.29) is 4.57 Å². The molecule has 1 aromatic carbocycles. The number of rotatable bonds is 2. The van der Waals surface area contributed by atoms with E-state index >= 15 is 0 Å². The first-order valence-electron chi connectivity index (χ1n) is 7.34. The van der Waals surface area contributed by atoms with Crippen molar-refractivity contribution in [3.05, 3.63) is 56.6 Å². The van der Waals surface area contributed by atoms with Gasteiger partial charge in [0.25, 0.3) is 5.56 Å². The average Bonchev–Trinajstić information content (AvgIpc) is 2.55. The van der Waals surface area contributed by atoms with Gasteiger partial charge in [0, 0.05) is 12.3 Å². The minimum atomic E-state index is -5.11. The highest BCUT2D eigenvalue weighted by Crippen LogP contribution is 2.36. The summed E-state index contributed by atoms with van der Waals surface area (Å²) in [6, 6.07) is 3.43. The molecule has 0 amide bonds. The standard InChI is InChI=1S/C16H7Cl2F4N3O3/c1-6(26)28-9-4-2-3-8(19)12(9)25-10(16(20,21)22)5-7-11(14(25)27)23-15(18)24-13(7)17/h2-5H,1H3. The summed E-state index contributed by atoms with van der Waals surface area (Å²) in [7, 11) is 0. The largest absolute Gasteiger partial charge is 0.431 e. The van der Waals surface area contributed by atoms with E-state index in [2.05, 4.69) is 9.97 Å². The van der Waals surface area contributed by atoms with Crippen LogP contribution in [0, 0.1) is 5.82 Å². The van der Waals surface area contributed by atoms with Crippen LogP contribution in [0.3, 0.4) is 0 Å². The second-order valence-electron chi connectivity index (χ2n) is 5.39. The van der Waals surface area contributed by atoms with Crippen LogP contribution < -0.4 is 10.3 Å². The molecule has 0 radical (unpaired) electrons. The maximum Gasteiger partial charge on any atom is 0.431 e. The molecule has 0 aliphatic rings. The molecule has 0 atom stereocenters. The van der Waals surface area contributed by atoms with E-state index in [1.165, 1.54) is 0 Å². The van der Waals surface area contributed by atoms with Gasteiger partial charge in [0.1, 0.15) is 22.1 Å². The summed E-state index contributed by atoms with van der Waals surface area (Å²) in [4.78, 5) is 31.2. The third kappa shape index (κ3) is 3.52. The average molecular weight is 436 g/mol. The quantitative estimate of drug-likeness (QED) is 0.198. The second-order valence-corrected chi connectivity index (χ2v) is 6.09. The molecule has 28 heavy (non-hydrogen) atoms. The summed E-state index contributed by atoms with van der Waals surface area (Å²) < 4.78 is 60.3. The van der Waals surface area contributed by atoms with Crippen molar-refractivity contribution in [3.63, 3.8) is 0 Å². The molecule has 0 aliphatic carbocycles. The molecule has 0 N–H and O–H groups in total. The molecule has 6 nitrogen and oxygen atoms in total. The van der Waals surface area contributed by atoms with Gasteiger partial charge < -0.3 is 4.74 Å². The van der Waals surface area contributed by atoms with Gasteiger partial charge in [-0.25, -0.2) is 14.4 Å². The van der Waals surface area contributed by atoms with Gasteiger partial charge in [0.15, 0.2) is 11.6 Å². The van der Waals surface area contributed by atoms with Crippen molar-refractivity contribution < 1.29 is 27.1 Å². The molecular weight excluding hydrogens is 429 g/mol. The van der Waals surface area contributed by atoms with Crippen LogP contribution in [0.4, 0.5) is 17.6 Å². The Kier molecular flexibility index (Phi) is 5.02. The van der Waals surface area contributed by atoms with Crippen LogP contribution in [-0.2, 0) is 11.0 Å². The summed E-state index contributed by atoms with van der Waals surface area (Å²) in [5.74, 6) is -2.76. The Bertz CT molecular complexity index is 1180.